The van der Waals surface area contributed by atoms with Gasteiger partial charge in [0.1, 0.15) is 0 Å². The topological polar surface area (TPSA) is 46.5 Å². The highest BCUT2D eigenvalue weighted by Gasteiger charge is 2.41. The Morgan fingerprint density at radius 2 is 1.67 bits per heavy atom. The standard InChI is InChI=1S/C12H14O3/c1-7-9-5-3-4-6-10(9)8(2)11(7)12(13)15-14/h3-8,11,14H,1-2H3/t7-,8+,11?. The lowest BCUT2D eigenvalue weighted by Gasteiger charge is -2.15. The van der Waals surface area contributed by atoms with Crippen LogP contribution in [-0.4, -0.2) is 11.2 Å². The fourth-order valence-electron chi connectivity index (χ4n) is 2.63. The Balaban J connectivity index is 2.40. The van der Waals surface area contributed by atoms with Crippen LogP contribution in [-0.2, 0) is 9.68 Å². The van der Waals surface area contributed by atoms with Crippen LogP contribution in [0.15, 0.2) is 24.3 Å². The van der Waals surface area contributed by atoms with Crippen LogP contribution >= 0.6 is 0 Å². The van der Waals surface area contributed by atoms with Gasteiger partial charge in [0.2, 0.25) is 0 Å². The van der Waals surface area contributed by atoms with E-state index >= 15 is 0 Å². The van der Waals surface area contributed by atoms with Gasteiger partial charge in [-0.2, -0.15) is 5.26 Å². The van der Waals surface area contributed by atoms with Gasteiger partial charge in [0.15, 0.2) is 0 Å². The molecule has 0 saturated heterocycles. The summed E-state index contributed by atoms with van der Waals surface area (Å²) < 4.78 is 0. The van der Waals surface area contributed by atoms with Crippen molar-refractivity contribution in [3.05, 3.63) is 35.4 Å². The highest BCUT2D eigenvalue weighted by atomic mass is 17.1. The zero-order valence-corrected chi connectivity index (χ0v) is 8.81. The summed E-state index contributed by atoms with van der Waals surface area (Å²) in [7, 11) is 0. The van der Waals surface area contributed by atoms with Crippen molar-refractivity contribution in [1.29, 1.82) is 0 Å². The van der Waals surface area contributed by atoms with Crippen molar-refractivity contribution in [2.75, 3.05) is 0 Å². The van der Waals surface area contributed by atoms with Gasteiger partial charge >= 0.3 is 5.97 Å². The lowest BCUT2D eigenvalue weighted by Crippen LogP contribution is -2.21. The van der Waals surface area contributed by atoms with Gasteiger partial charge in [0.05, 0.1) is 5.92 Å². The fourth-order valence-corrected chi connectivity index (χ4v) is 2.63. The van der Waals surface area contributed by atoms with Gasteiger partial charge in [-0.3, -0.25) is 0 Å². The number of benzene rings is 1. The molecule has 1 unspecified atom stereocenters. The first-order chi connectivity index (χ1) is 7.16. The first-order valence-corrected chi connectivity index (χ1v) is 5.11. The van der Waals surface area contributed by atoms with Crippen molar-refractivity contribution in [2.45, 2.75) is 25.7 Å². The molecule has 1 aliphatic carbocycles. The Morgan fingerprint density at radius 3 is 2.07 bits per heavy atom. The zero-order valence-electron chi connectivity index (χ0n) is 8.81. The summed E-state index contributed by atoms with van der Waals surface area (Å²) in [6, 6.07) is 7.99. The number of rotatable bonds is 1. The van der Waals surface area contributed by atoms with Crippen LogP contribution < -0.4 is 0 Å². The van der Waals surface area contributed by atoms with Crippen molar-refractivity contribution in [2.24, 2.45) is 5.92 Å². The third-order valence-corrected chi connectivity index (χ3v) is 3.42. The molecule has 0 heterocycles. The van der Waals surface area contributed by atoms with E-state index in [-0.39, 0.29) is 17.8 Å². The Bertz CT molecular complexity index is 357. The van der Waals surface area contributed by atoms with E-state index in [4.69, 9.17) is 5.26 Å². The minimum atomic E-state index is -0.536. The minimum absolute atomic E-state index is 0.107. The molecule has 80 valence electrons. The number of fused-ring (bicyclic) bond motifs is 1. The lowest BCUT2D eigenvalue weighted by molar-refractivity contribution is -0.239. The molecule has 3 atom stereocenters. The van der Waals surface area contributed by atoms with Crippen LogP contribution in [0.4, 0.5) is 0 Å². The molecule has 0 aliphatic heterocycles. The molecule has 1 aromatic carbocycles. The maximum absolute atomic E-state index is 11.4. The predicted molar refractivity (Wildman–Crippen MR) is 55.5 cm³/mol. The molecule has 0 aromatic heterocycles. The molecular formula is C12H14O3. The summed E-state index contributed by atoms with van der Waals surface area (Å²) in [5.74, 6) is -0.592. The maximum Gasteiger partial charge on any atom is 0.346 e. The molecule has 1 N–H and O–H groups in total. The molecule has 1 aliphatic rings. The van der Waals surface area contributed by atoms with Gasteiger partial charge < -0.3 is 4.89 Å². The molecule has 3 heteroatoms. The normalized spacial score (nSPS) is 28.6. The van der Waals surface area contributed by atoms with Crippen LogP contribution in [0, 0.1) is 5.92 Å². The number of hydrogen-bond donors (Lipinski definition) is 1. The molecule has 2 rings (SSSR count). The largest absolute Gasteiger partial charge is 0.346 e. The van der Waals surface area contributed by atoms with Gasteiger partial charge in [-0.15, -0.1) is 0 Å². The molecule has 0 saturated carbocycles. The second kappa shape index (κ2) is 3.66. The van der Waals surface area contributed by atoms with E-state index in [9.17, 15) is 4.79 Å². The number of carbonyl (C=O) groups is 1. The van der Waals surface area contributed by atoms with Crippen LogP contribution in [0.25, 0.3) is 0 Å². The van der Waals surface area contributed by atoms with E-state index < -0.39 is 5.97 Å². The van der Waals surface area contributed by atoms with E-state index in [0.717, 1.165) is 0 Å². The van der Waals surface area contributed by atoms with Gasteiger partial charge in [-0.1, -0.05) is 38.1 Å². The van der Waals surface area contributed by atoms with Crippen molar-refractivity contribution in [3.63, 3.8) is 0 Å². The monoisotopic (exact) mass is 206 g/mol. The average molecular weight is 206 g/mol. The molecule has 0 bridgehead atoms. The highest BCUT2D eigenvalue weighted by molar-refractivity contribution is 5.76. The zero-order chi connectivity index (χ0) is 11.0. The van der Waals surface area contributed by atoms with Crippen molar-refractivity contribution in [1.82, 2.24) is 0 Å². The molecule has 15 heavy (non-hydrogen) atoms. The van der Waals surface area contributed by atoms with E-state index in [1.54, 1.807) is 0 Å². The molecule has 1 aromatic rings. The fraction of sp³-hybridized carbons (Fsp3) is 0.417. The van der Waals surface area contributed by atoms with Gasteiger partial charge in [-0.05, 0) is 23.0 Å². The van der Waals surface area contributed by atoms with E-state index in [1.807, 2.05) is 38.1 Å². The summed E-state index contributed by atoms with van der Waals surface area (Å²) in [6.45, 7) is 3.98. The van der Waals surface area contributed by atoms with Gasteiger partial charge in [0, 0.05) is 0 Å². The molecule has 0 radical (unpaired) electrons. The van der Waals surface area contributed by atoms with Gasteiger partial charge in [-0.25, -0.2) is 4.79 Å². The van der Waals surface area contributed by atoms with Crippen LogP contribution in [0.1, 0.15) is 36.8 Å². The summed E-state index contributed by atoms with van der Waals surface area (Å²) in [4.78, 5) is 15.3. The molecule has 0 fully saturated rings. The van der Waals surface area contributed by atoms with Crippen molar-refractivity contribution < 1.29 is 14.9 Å². The van der Waals surface area contributed by atoms with E-state index in [1.165, 1.54) is 11.1 Å². The smallest absolute Gasteiger partial charge is 0.301 e. The van der Waals surface area contributed by atoms with Crippen molar-refractivity contribution in [3.8, 4) is 0 Å². The summed E-state index contributed by atoms with van der Waals surface area (Å²) in [5.41, 5.74) is 2.36. The third kappa shape index (κ3) is 1.43. The predicted octanol–water partition coefficient (Wildman–Crippen LogP) is 2.54. The maximum atomic E-state index is 11.4. The number of hydrogen-bond acceptors (Lipinski definition) is 3. The van der Waals surface area contributed by atoms with Crippen molar-refractivity contribution >= 4 is 5.97 Å². The second-order valence-corrected chi connectivity index (χ2v) is 4.14. The Hall–Kier alpha value is -1.35. The second-order valence-electron chi connectivity index (χ2n) is 4.14. The quantitative estimate of drug-likeness (QED) is 0.567. The lowest BCUT2D eigenvalue weighted by atomic mass is 9.89. The van der Waals surface area contributed by atoms with Crippen LogP contribution in [0.5, 0.6) is 0 Å². The summed E-state index contributed by atoms with van der Waals surface area (Å²) >= 11 is 0. The first kappa shape index (κ1) is 10.2. The van der Waals surface area contributed by atoms with Gasteiger partial charge in [0.25, 0.3) is 0 Å². The summed E-state index contributed by atoms with van der Waals surface area (Å²) in [6.07, 6.45) is 0. The molecule has 3 nitrogen and oxygen atoms in total. The SMILES string of the molecule is C[C@@H]1c2ccccc2[C@H](C)C1C(=O)OO. The van der Waals surface area contributed by atoms with E-state index in [2.05, 4.69) is 4.89 Å². The Kier molecular flexibility index (Phi) is 2.49. The number of carbonyl (C=O) groups excluding carboxylic acids is 1. The Labute approximate surface area is 88.6 Å². The highest BCUT2D eigenvalue weighted by Crippen LogP contribution is 2.46. The molecular weight excluding hydrogens is 192 g/mol. The molecule has 0 amide bonds. The summed E-state index contributed by atoms with van der Waals surface area (Å²) in [5, 5.41) is 8.46. The third-order valence-electron chi connectivity index (χ3n) is 3.42. The first-order valence-electron chi connectivity index (χ1n) is 5.11. The van der Waals surface area contributed by atoms with Crippen LogP contribution in [0.2, 0.25) is 0 Å². The molecule has 0 spiro atoms. The Morgan fingerprint density at radius 1 is 1.20 bits per heavy atom. The minimum Gasteiger partial charge on any atom is -0.301 e. The average Bonchev–Trinajstić information content (AvgIpc) is 2.52. The van der Waals surface area contributed by atoms with Crippen LogP contribution in [0.3, 0.4) is 0 Å². The van der Waals surface area contributed by atoms with E-state index in [0.29, 0.717) is 0 Å².